The number of anilines is 1. The maximum atomic E-state index is 13.0. The fourth-order valence-corrected chi connectivity index (χ4v) is 6.53. The average Bonchev–Trinajstić information content (AvgIpc) is 3.12. The Balaban J connectivity index is 1.30. The van der Waals surface area contributed by atoms with Gasteiger partial charge in [-0.1, -0.05) is 25.5 Å². The van der Waals surface area contributed by atoms with Crippen molar-refractivity contribution in [3.05, 3.63) is 59.9 Å². The van der Waals surface area contributed by atoms with Crippen LogP contribution >= 0.6 is 0 Å². The molecule has 2 aromatic carbocycles. The number of fused-ring (bicyclic) bond motifs is 1. The number of hydrogen-bond acceptors (Lipinski definition) is 5. The predicted molar refractivity (Wildman–Crippen MR) is 135 cm³/mol. The first-order valence-corrected chi connectivity index (χ1v) is 13.8. The summed E-state index contributed by atoms with van der Waals surface area (Å²) in [5, 5.41) is 11.7. The van der Waals surface area contributed by atoms with Gasteiger partial charge in [0.05, 0.1) is 4.90 Å². The fraction of sp³-hybridized carbons (Fsp3) is 0.423. The van der Waals surface area contributed by atoms with Crippen molar-refractivity contribution >= 4 is 21.6 Å². The summed E-state index contributed by atoms with van der Waals surface area (Å²) >= 11 is 0. The third-order valence-corrected chi connectivity index (χ3v) is 8.74. The molecule has 8 nitrogen and oxygen atoms in total. The fourth-order valence-electron chi connectivity index (χ4n) is 4.93. The standard InChI is InChI=1S/C26H31N5O3S/c1-19-7-6-15-30(18-19)35(33,34)23-13-11-20(12-14-23)26(32)27-22-9-5-8-21(17-22)25-29-28-24-10-3-2-4-16-31(24)25/h5,8-9,11-14,17,19H,2-4,6-7,10,15-16,18H2,1H3,(H,27,32)/t19-/m1/s1. The lowest BCUT2D eigenvalue weighted by Crippen LogP contribution is -2.39. The van der Waals surface area contributed by atoms with E-state index in [0.717, 1.165) is 55.9 Å². The highest BCUT2D eigenvalue weighted by molar-refractivity contribution is 7.89. The summed E-state index contributed by atoms with van der Waals surface area (Å²) in [6, 6.07) is 13.8. The largest absolute Gasteiger partial charge is 0.322 e. The van der Waals surface area contributed by atoms with Crippen LogP contribution in [0.15, 0.2) is 53.4 Å². The van der Waals surface area contributed by atoms with Crippen LogP contribution in [-0.2, 0) is 23.0 Å². The van der Waals surface area contributed by atoms with Crippen molar-refractivity contribution in [2.24, 2.45) is 5.92 Å². The predicted octanol–water partition coefficient (Wildman–Crippen LogP) is 4.34. The summed E-state index contributed by atoms with van der Waals surface area (Å²) in [7, 11) is -3.55. The number of piperidine rings is 1. The topological polar surface area (TPSA) is 97.2 Å². The third kappa shape index (κ3) is 5.01. The van der Waals surface area contributed by atoms with Crippen LogP contribution in [0.5, 0.6) is 0 Å². The highest BCUT2D eigenvalue weighted by atomic mass is 32.2. The second-order valence-electron chi connectivity index (χ2n) is 9.57. The molecule has 0 unspecified atom stereocenters. The summed E-state index contributed by atoms with van der Waals surface area (Å²) < 4.78 is 29.7. The van der Waals surface area contributed by atoms with Gasteiger partial charge in [-0.05, 0) is 68.0 Å². The van der Waals surface area contributed by atoms with Crippen LogP contribution in [0.2, 0.25) is 0 Å². The number of nitrogens with zero attached hydrogens (tertiary/aromatic N) is 4. The lowest BCUT2D eigenvalue weighted by molar-refractivity contribution is 0.102. The van der Waals surface area contributed by atoms with Crippen LogP contribution in [0.4, 0.5) is 5.69 Å². The molecule has 5 rings (SSSR count). The molecule has 9 heteroatoms. The smallest absolute Gasteiger partial charge is 0.255 e. The molecule has 1 amide bonds. The summed E-state index contributed by atoms with van der Waals surface area (Å²) in [6.45, 7) is 4.06. The minimum atomic E-state index is -3.55. The normalized spacial score (nSPS) is 19.1. The first-order chi connectivity index (χ1) is 16.9. The summed E-state index contributed by atoms with van der Waals surface area (Å²) in [6.07, 6.45) is 6.29. The zero-order valence-electron chi connectivity index (χ0n) is 20.0. The molecule has 1 fully saturated rings. The molecule has 0 saturated carbocycles. The Morgan fingerprint density at radius 1 is 1.00 bits per heavy atom. The van der Waals surface area contributed by atoms with E-state index in [9.17, 15) is 13.2 Å². The highest BCUT2D eigenvalue weighted by Gasteiger charge is 2.28. The number of amides is 1. The number of carbonyl (C=O) groups is 1. The molecule has 0 spiro atoms. The Kier molecular flexibility index (Phi) is 6.71. The summed E-state index contributed by atoms with van der Waals surface area (Å²) in [4.78, 5) is 13.1. The van der Waals surface area contributed by atoms with Crippen LogP contribution in [-0.4, -0.2) is 46.5 Å². The lowest BCUT2D eigenvalue weighted by Gasteiger charge is -2.30. The molecule has 184 valence electrons. The quantitative estimate of drug-likeness (QED) is 0.570. The van der Waals surface area contributed by atoms with E-state index in [4.69, 9.17) is 0 Å². The van der Waals surface area contributed by atoms with Crippen LogP contribution in [0.3, 0.4) is 0 Å². The van der Waals surface area contributed by atoms with E-state index in [1.54, 1.807) is 16.4 Å². The first-order valence-electron chi connectivity index (χ1n) is 12.4. The van der Waals surface area contributed by atoms with E-state index in [0.29, 0.717) is 30.3 Å². The third-order valence-electron chi connectivity index (χ3n) is 6.86. The van der Waals surface area contributed by atoms with Crippen LogP contribution in [0.1, 0.15) is 55.2 Å². The molecule has 1 N–H and O–H groups in total. The number of aromatic nitrogens is 3. The Morgan fingerprint density at radius 2 is 1.83 bits per heavy atom. The zero-order chi connectivity index (χ0) is 24.4. The minimum Gasteiger partial charge on any atom is -0.322 e. The lowest BCUT2D eigenvalue weighted by atomic mass is 10.0. The van der Waals surface area contributed by atoms with Crippen molar-refractivity contribution in [2.45, 2.75) is 56.9 Å². The van der Waals surface area contributed by atoms with E-state index < -0.39 is 10.0 Å². The van der Waals surface area contributed by atoms with E-state index in [1.165, 1.54) is 18.6 Å². The molecular formula is C26H31N5O3S. The van der Waals surface area contributed by atoms with Crippen molar-refractivity contribution in [1.82, 2.24) is 19.1 Å². The Morgan fingerprint density at radius 3 is 2.63 bits per heavy atom. The van der Waals surface area contributed by atoms with Gasteiger partial charge in [0.15, 0.2) is 5.82 Å². The van der Waals surface area contributed by atoms with Gasteiger partial charge in [-0.3, -0.25) is 4.79 Å². The number of aryl methyl sites for hydroxylation is 1. The molecule has 1 atom stereocenters. The van der Waals surface area contributed by atoms with Crippen LogP contribution in [0, 0.1) is 5.92 Å². The molecule has 35 heavy (non-hydrogen) atoms. The van der Waals surface area contributed by atoms with Gasteiger partial charge in [0.25, 0.3) is 5.91 Å². The number of rotatable bonds is 5. The summed E-state index contributed by atoms with van der Waals surface area (Å²) in [5.74, 6) is 1.89. The molecule has 0 bridgehead atoms. The van der Waals surface area contributed by atoms with Crippen molar-refractivity contribution in [3.63, 3.8) is 0 Å². The van der Waals surface area contributed by atoms with Gasteiger partial charge in [0.2, 0.25) is 10.0 Å². The number of hydrogen-bond donors (Lipinski definition) is 1. The Hall–Kier alpha value is -3.04. The number of carbonyl (C=O) groups excluding carboxylic acids is 1. The monoisotopic (exact) mass is 493 g/mol. The van der Waals surface area contributed by atoms with Gasteiger partial charge in [-0.2, -0.15) is 4.31 Å². The zero-order valence-corrected chi connectivity index (χ0v) is 20.8. The molecule has 1 saturated heterocycles. The molecule has 0 radical (unpaired) electrons. The van der Waals surface area contributed by atoms with E-state index in [1.807, 2.05) is 24.3 Å². The average molecular weight is 494 g/mol. The molecule has 3 heterocycles. The van der Waals surface area contributed by atoms with Crippen molar-refractivity contribution in [1.29, 1.82) is 0 Å². The van der Waals surface area contributed by atoms with Crippen LogP contribution < -0.4 is 5.32 Å². The molecule has 2 aliphatic heterocycles. The van der Waals surface area contributed by atoms with Crippen molar-refractivity contribution < 1.29 is 13.2 Å². The SMILES string of the molecule is C[C@@H]1CCCN(S(=O)(=O)c2ccc(C(=O)Nc3cccc(-c4nnc5n4CCCCC5)c3)cc2)C1. The molecule has 2 aliphatic rings. The maximum absolute atomic E-state index is 13.0. The number of sulfonamides is 1. The second-order valence-corrected chi connectivity index (χ2v) is 11.5. The van der Waals surface area contributed by atoms with Gasteiger partial charge in [-0.15, -0.1) is 10.2 Å². The van der Waals surface area contributed by atoms with E-state index in [2.05, 4.69) is 27.0 Å². The molecule has 1 aromatic heterocycles. The Labute approximate surface area is 206 Å². The molecule has 3 aromatic rings. The van der Waals surface area contributed by atoms with Crippen molar-refractivity contribution in [3.8, 4) is 11.4 Å². The van der Waals surface area contributed by atoms with Gasteiger partial charge < -0.3 is 9.88 Å². The molecular weight excluding hydrogens is 462 g/mol. The Bertz CT molecular complexity index is 1320. The number of benzene rings is 2. The second kappa shape index (κ2) is 9.91. The highest BCUT2D eigenvalue weighted by Crippen LogP contribution is 2.26. The number of nitrogens with one attached hydrogen (secondary N) is 1. The van der Waals surface area contributed by atoms with Gasteiger partial charge in [0.1, 0.15) is 5.82 Å². The van der Waals surface area contributed by atoms with Gasteiger partial charge in [0, 0.05) is 42.9 Å². The van der Waals surface area contributed by atoms with Gasteiger partial charge in [-0.25, -0.2) is 8.42 Å². The first kappa shape index (κ1) is 23.7. The summed E-state index contributed by atoms with van der Waals surface area (Å²) in [5.41, 5.74) is 1.95. The van der Waals surface area contributed by atoms with E-state index >= 15 is 0 Å². The van der Waals surface area contributed by atoms with Gasteiger partial charge >= 0.3 is 0 Å². The molecule has 0 aliphatic carbocycles. The maximum Gasteiger partial charge on any atom is 0.255 e. The van der Waals surface area contributed by atoms with E-state index in [-0.39, 0.29) is 10.8 Å². The van der Waals surface area contributed by atoms with Crippen molar-refractivity contribution in [2.75, 3.05) is 18.4 Å². The minimum absolute atomic E-state index is 0.220. The van der Waals surface area contributed by atoms with Crippen LogP contribution in [0.25, 0.3) is 11.4 Å².